The number of amides is 2. The van der Waals surface area contributed by atoms with Gasteiger partial charge in [0.2, 0.25) is 11.9 Å². The fourth-order valence-corrected chi connectivity index (χ4v) is 7.01. The number of β-amino-alcohol motifs (C(OH)–C–C–N with tert-alkyl or cyclic N) is 1. The molecule has 0 saturated carbocycles. The van der Waals surface area contributed by atoms with Gasteiger partial charge in [-0.15, -0.1) is 0 Å². The molecule has 6 rings (SSSR count). The van der Waals surface area contributed by atoms with E-state index in [0.29, 0.717) is 82.4 Å². The summed E-state index contributed by atoms with van der Waals surface area (Å²) < 4.78 is 31.6. The Bertz CT molecular complexity index is 2300. The Hall–Kier alpha value is -5.75. The largest absolute Gasteiger partial charge is 0.444 e. The number of aromatic nitrogens is 5. The third-order valence-corrected chi connectivity index (χ3v) is 10.2. The maximum absolute atomic E-state index is 13.4. The van der Waals surface area contributed by atoms with Crippen molar-refractivity contribution in [2.45, 2.75) is 65.2 Å². The third kappa shape index (κ3) is 12.4. The summed E-state index contributed by atoms with van der Waals surface area (Å²) in [7, 11) is 0. The average molecular weight is 841 g/mol. The number of likely N-dealkylation sites (tertiary alicyclic amines) is 1. The maximum Gasteiger partial charge on any atom is 0.407 e. The van der Waals surface area contributed by atoms with Crippen molar-refractivity contribution in [1.82, 2.24) is 34.8 Å². The molecule has 326 valence electrons. The minimum absolute atomic E-state index is 0.00106. The molecule has 4 heterocycles. The predicted octanol–water partition coefficient (Wildman–Crippen LogP) is 6.15. The van der Waals surface area contributed by atoms with Crippen LogP contribution in [0.4, 0.5) is 26.8 Å². The molecule has 61 heavy (non-hydrogen) atoms. The van der Waals surface area contributed by atoms with Gasteiger partial charge in [0.05, 0.1) is 44.4 Å². The summed E-state index contributed by atoms with van der Waals surface area (Å²) >= 11 is 0. The van der Waals surface area contributed by atoms with E-state index in [0.717, 1.165) is 46.1 Å². The van der Waals surface area contributed by atoms with Crippen LogP contribution in [0, 0.1) is 5.92 Å². The zero-order valence-corrected chi connectivity index (χ0v) is 35.5. The summed E-state index contributed by atoms with van der Waals surface area (Å²) in [5.74, 6) is -0.831. The number of alkyl carbamates (subject to hydrolysis) is 1. The van der Waals surface area contributed by atoms with Gasteiger partial charge >= 0.3 is 6.09 Å². The normalized spacial score (nSPS) is 15.9. The van der Waals surface area contributed by atoms with Crippen LogP contribution in [0.15, 0.2) is 73.3 Å². The van der Waals surface area contributed by atoms with Crippen LogP contribution < -0.4 is 21.3 Å². The SMILES string of the molecule is C=C(F)C(=O)Nc1ccc2c(-c3ccccc3CNc3nc(NC[C@H]4CCN(CCOCCOCCNC(=O)OC(C)(C)C)C[C@@H]4O)nc4c(C(C)C)cnn34)nccc2c1. The van der Waals surface area contributed by atoms with E-state index in [-0.39, 0.29) is 11.8 Å². The van der Waals surface area contributed by atoms with Gasteiger partial charge in [0, 0.05) is 67.0 Å². The number of hydrogen-bond acceptors (Lipinski definition) is 13. The molecule has 0 aliphatic carbocycles. The van der Waals surface area contributed by atoms with Crippen molar-refractivity contribution < 1.29 is 33.3 Å². The molecule has 0 spiro atoms. The summed E-state index contributed by atoms with van der Waals surface area (Å²) in [5, 5.41) is 29.5. The Kier molecular flexibility index (Phi) is 15.2. The Balaban J connectivity index is 1.03. The number of aliphatic hydroxyl groups excluding tert-OH is 1. The molecule has 5 N–H and O–H groups in total. The highest BCUT2D eigenvalue weighted by molar-refractivity contribution is 6.04. The summed E-state index contributed by atoms with van der Waals surface area (Å²) in [6, 6.07) is 15.1. The molecule has 2 aromatic carbocycles. The van der Waals surface area contributed by atoms with Gasteiger partial charge in [0.15, 0.2) is 11.5 Å². The fraction of sp³-hybridized carbons (Fsp3) is 0.455. The number of hydrogen-bond donors (Lipinski definition) is 5. The first-order valence-corrected chi connectivity index (χ1v) is 20.6. The van der Waals surface area contributed by atoms with Crippen molar-refractivity contribution in [1.29, 1.82) is 0 Å². The number of nitrogens with one attached hydrogen (secondary N) is 4. The number of piperidine rings is 1. The highest BCUT2D eigenvalue weighted by Gasteiger charge is 2.28. The lowest BCUT2D eigenvalue weighted by Crippen LogP contribution is -2.47. The van der Waals surface area contributed by atoms with Crippen LogP contribution in [0.3, 0.4) is 0 Å². The smallest absolute Gasteiger partial charge is 0.407 e. The van der Waals surface area contributed by atoms with E-state index in [9.17, 15) is 19.1 Å². The number of benzene rings is 2. The second kappa shape index (κ2) is 20.7. The Morgan fingerprint density at radius 2 is 1.82 bits per heavy atom. The second-order valence-corrected chi connectivity index (χ2v) is 16.3. The number of halogens is 1. The summed E-state index contributed by atoms with van der Waals surface area (Å²) in [6.07, 6.45) is 3.31. The number of anilines is 3. The van der Waals surface area contributed by atoms with Crippen molar-refractivity contribution in [3.63, 3.8) is 0 Å². The van der Waals surface area contributed by atoms with Crippen molar-refractivity contribution in [2.24, 2.45) is 5.92 Å². The number of pyridine rings is 1. The van der Waals surface area contributed by atoms with Crippen LogP contribution in [0.25, 0.3) is 27.7 Å². The standard InChI is InChI=1S/C44H57FN10O6/c1-28(2)36-26-50-55-39(36)52-41(48-25-32-14-17-54(27-37(32)56)18-20-60-22-21-59-19-16-47-43(58)61-44(4,5)6)53-42(55)49-24-31-9-7-8-10-34(31)38-35-12-11-33(51-40(57)29(3)45)23-30(35)13-15-46-38/h7-13,15,23,26,28,32,37,56H,3,14,16-22,24-25,27H2,1-2,4-6H3,(H,47,58)(H,51,57)(H2,48,49,52,53)/t32-,37+/m1/s1. The van der Waals surface area contributed by atoms with Crippen molar-refractivity contribution in [3.8, 4) is 11.3 Å². The van der Waals surface area contributed by atoms with Gasteiger partial charge in [-0.2, -0.15) is 19.6 Å². The van der Waals surface area contributed by atoms with Crippen molar-refractivity contribution in [2.75, 3.05) is 75.1 Å². The molecule has 1 aliphatic rings. The summed E-state index contributed by atoms with van der Waals surface area (Å²) in [5.41, 5.74) is 4.21. The molecule has 3 aromatic heterocycles. The maximum atomic E-state index is 13.4. The molecule has 17 heteroatoms. The molecular weight excluding hydrogens is 784 g/mol. The van der Waals surface area contributed by atoms with E-state index >= 15 is 0 Å². The Morgan fingerprint density at radius 1 is 1.03 bits per heavy atom. The average Bonchev–Trinajstić information content (AvgIpc) is 3.66. The lowest BCUT2D eigenvalue weighted by atomic mass is 9.94. The number of aliphatic hydroxyl groups is 1. The number of carbonyl (C=O) groups excluding carboxylic acids is 2. The molecule has 5 aromatic rings. The zero-order valence-electron chi connectivity index (χ0n) is 35.5. The first-order chi connectivity index (χ1) is 29.3. The first kappa shape index (κ1) is 44.8. The molecule has 2 amide bonds. The van der Waals surface area contributed by atoms with Crippen LogP contribution >= 0.6 is 0 Å². The predicted molar refractivity (Wildman–Crippen MR) is 233 cm³/mol. The van der Waals surface area contributed by atoms with Gasteiger partial charge in [-0.1, -0.05) is 50.8 Å². The lowest BCUT2D eigenvalue weighted by molar-refractivity contribution is -0.114. The number of ether oxygens (including phenoxy) is 3. The van der Waals surface area contributed by atoms with Crippen LogP contribution in [0.5, 0.6) is 0 Å². The topological polar surface area (TPSA) is 189 Å². The van der Waals surface area contributed by atoms with E-state index in [1.54, 1.807) is 22.8 Å². The zero-order chi connectivity index (χ0) is 43.5. The number of fused-ring (bicyclic) bond motifs is 2. The van der Waals surface area contributed by atoms with E-state index in [1.807, 2.05) is 63.4 Å². The molecule has 16 nitrogen and oxygen atoms in total. The molecular formula is C44H57FN10O6. The van der Waals surface area contributed by atoms with Gasteiger partial charge in [-0.25, -0.2) is 9.18 Å². The molecule has 1 saturated heterocycles. The number of rotatable bonds is 19. The first-order valence-electron chi connectivity index (χ1n) is 20.6. The molecule has 1 fully saturated rings. The van der Waals surface area contributed by atoms with E-state index < -0.39 is 29.5 Å². The Morgan fingerprint density at radius 3 is 2.57 bits per heavy atom. The molecule has 0 radical (unpaired) electrons. The molecule has 0 bridgehead atoms. The molecule has 2 atom stereocenters. The second-order valence-electron chi connectivity index (χ2n) is 16.3. The Labute approximate surface area is 355 Å². The van der Waals surface area contributed by atoms with E-state index in [1.165, 1.54) is 0 Å². The minimum atomic E-state index is -1.06. The van der Waals surface area contributed by atoms with Crippen LogP contribution in [0.1, 0.15) is 58.1 Å². The van der Waals surface area contributed by atoms with Gasteiger partial charge in [-0.3, -0.25) is 14.7 Å². The fourth-order valence-electron chi connectivity index (χ4n) is 7.01. The molecule has 0 unspecified atom stereocenters. The van der Waals surface area contributed by atoms with Crippen LogP contribution in [0.2, 0.25) is 0 Å². The van der Waals surface area contributed by atoms with E-state index in [2.05, 4.69) is 51.7 Å². The third-order valence-electron chi connectivity index (χ3n) is 10.2. The summed E-state index contributed by atoms with van der Waals surface area (Å²) in [6.45, 7) is 17.7. The quantitative estimate of drug-likeness (QED) is 0.0471. The lowest BCUT2D eigenvalue weighted by Gasteiger charge is -2.35. The van der Waals surface area contributed by atoms with Gasteiger partial charge in [0.25, 0.3) is 5.91 Å². The highest BCUT2D eigenvalue weighted by atomic mass is 19.1. The molecule has 1 aliphatic heterocycles. The van der Waals surface area contributed by atoms with Gasteiger partial charge in [0.1, 0.15) is 5.60 Å². The number of carbonyl (C=O) groups is 2. The highest BCUT2D eigenvalue weighted by Crippen LogP contribution is 2.32. The van der Waals surface area contributed by atoms with Crippen LogP contribution in [-0.4, -0.2) is 117 Å². The van der Waals surface area contributed by atoms with E-state index in [4.69, 9.17) is 29.2 Å². The van der Waals surface area contributed by atoms with Gasteiger partial charge < -0.3 is 40.6 Å². The minimum Gasteiger partial charge on any atom is -0.444 e. The van der Waals surface area contributed by atoms with Crippen LogP contribution in [-0.2, 0) is 25.5 Å². The number of nitrogens with zero attached hydrogens (tertiary/aromatic N) is 6. The summed E-state index contributed by atoms with van der Waals surface area (Å²) in [4.78, 5) is 40.2. The van der Waals surface area contributed by atoms with Crippen molar-refractivity contribution in [3.05, 3.63) is 84.5 Å². The van der Waals surface area contributed by atoms with Gasteiger partial charge in [-0.05, 0) is 68.8 Å². The monoisotopic (exact) mass is 840 g/mol. The van der Waals surface area contributed by atoms with Crippen molar-refractivity contribution >= 4 is 46.0 Å².